The molecule has 0 unspecified atom stereocenters. The third-order valence-electron chi connectivity index (χ3n) is 2.74. The zero-order chi connectivity index (χ0) is 12.5. The van der Waals surface area contributed by atoms with Crippen LogP contribution < -0.4 is 11.1 Å². The fraction of sp³-hybridized carbons (Fsp3) is 0.333. The van der Waals surface area contributed by atoms with E-state index < -0.39 is 11.7 Å². The minimum Gasteiger partial charge on any atom is -0.386 e. The first-order valence-electron chi connectivity index (χ1n) is 5.32. The summed E-state index contributed by atoms with van der Waals surface area (Å²) in [6, 6.07) is 5.42. The molecule has 17 heavy (non-hydrogen) atoms. The first-order chi connectivity index (χ1) is 7.95. The lowest BCUT2D eigenvalue weighted by molar-refractivity contribution is -0.137. The SMILES string of the molecule is NC1=C[C@H](Cc2cccc(C(F)(F)F)c2)CN1. The second-order valence-corrected chi connectivity index (χ2v) is 4.17. The maximum atomic E-state index is 12.5. The number of nitrogens with one attached hydrogen (secondary N) is 1. The number of halogens is 3. The second kappa shape index (κ2) is 4.31. The molecule has 2 nitrogen and oxygen atoms in total. The highest BCUT2D eigenvalue weighted by Crippen LogP contribution is 2.30. The van der Waals surface area contributed by atoms with E-state index in [1.54, 1.807) is 6.07 Å². The van der Waals surface area contributed by atoms with Gasteiger partial charge in [-0.3, -0.25) is 0 Å². The van der Waals surface area contributed by atoms with Gasteiger partial charge in [0, 0.05) is 12.5 Å². The van der Waals surface area contributed by atoms with Crippen molar-refractivity contribution in [2.75, 3.05) is 6.54 Å². The van der Waals surface area contributed by atoms with Crippen molar-refractivity contribution in [3.8, 4) is 0 Å². The van der Waals surface area contributed by atoms with Gasteiger partial charge in [0.05, 0.1) is 11.4 Å². The molecule has 0 fully saturated rings. The van der Waals surface area contributed by atoms with Gasteiger partial charge in [-0.25, -0.2) is 0 Å². The van der Waals surface area contributed by atoms with Crippen molar-refractivity contribution in [2.24, 2.45) is 11.7 Å². The Morgan fingerprint density at radius 3 is 2.71 bits per heavy atom. The molecule has 3 N–H and O–H groups in total. The van der Waals surface area contributed by atoms with Crippen LogP contribution in [0.2, 0.25) is 0 Å². The van der Waals surface area contributed by atoms with Crippen LogP contribution in [-0.4, -0.2) is 6.54 Å². The van der Waals surface area contributed by atoms with Crippen LogP contribution >= 0.6 is 0 Å². The van der Waals surface area contributed by atoms with Gasteiger partial charge in [0.1, 0.15) is 0 Å². The first kappa shape index (κ1) is 11.8. The number of hydrogen-bond donors (Lipinski definition) is 2. The van der Waals surface area contributed by atoms with Crippen LogP contribution in [-0.2, 0) is 12.6 Å². The van der Waals surface area contributed by atoms with Crippen LogP contribution in [0.5, 0.6) is 0 Å². The molecule has 92 valence electrons. The molecule has 0 saturated heterocycles. The molecule has 0 saturated carbocycles. The van der Waals surface area contributed by atoms with Crippen molar-refractivity contribution >= 4 is 0 Å². The highest BCUT2D eigenvalue weighted by atomic mass is 19.4. The molecular weight excluding hydrogens is 229 g/mol. The predicted molar refractivity (Wildman–Crippen MR) is 58.9 cm³/mol. The summed E-state index contributed by atoms with van der Waals surface area (Å²) in [4.78, 5) is 0. The number of alkyl halides is 3. The van der Waals surface area contributed by atoms with E-state index in [9.17, 15) is 13.2 Å². The molecule has 0 aromatic heterocycles. The number of rotatable bonds is 2. The van der Waals surface area contributed by atoms with Crippen LogP contribution in [0, 0.1) is 5.92 Å². The number of benzene rings is 1. The van der Waals surface area contributed by atoms with E-state index in [4.69, 9.17) is 5.73 Å². The summed E-state index contributed by atoms with van der Waals surface area (Å²) in [6.45, 7) is 0.683. The Labute approximate surface area is 97.3 Å². The Kier molecular flexibility index (Phi) is 3.00. The van der Waals surface area contributed by atoms with Crippen LogP contribution in [0.3, 0.4) is 0 Å². The van der Waals surface area contributed by atoms with Crippen LogP contribution in [0.1, 0.15) is 11.1 Å². The topological polar surface area (TPSA) is 38.0 Å². The third-order valence-corrected chi connectivity index (χ3v) is 2.74. The molecule has 1 aliphatic rings. The quantitative estimate of drug-likeness (QED) is 0.834. The third kappa shape index (κ3) is 2.93. The molecule has 0 spiro atoms. The van der Waals surface area contributed by atoms with E-state index >= 15 is 0 Å². The Hall–Kier alpha value is -1.65. The largest absolute Gasteiger partial charge is 0.416 e. The van der Waals surface area contributed by atoms with Crippen molar-refractivity contribution in [2.45, 2.75) is 12.6 Å². The molecule has 0 amide bonds. The molecule has 0 bridgehead atoms. The molecular formula is C12H13F3N2. The molecule has 0 aliphatic carbocycles. The van der Waals surface area contributed by atoms with Crippen molar-refractivity contribution in [1.82, 2.24) is 5.32 Å². The van der Waals surface area contributed by atoms with Gasteiger partial charge in [0.2, 0.25) is 0 Å². The van der Waals surface area contributed by atoms with Crippen molar-refractivity contribution < 1.29 is 13.2 Å². The normalized spacial score (nSPS) is 19.9. The zero-order valence-electron chi connectivity index (χ0n) is 9.09. The first-order valence-corrected chi connectivity index (χ1v) is 5.32. The molecule has 0 radical (unpaired) electrons. The van der Waals surface area contributed by atoms with Gasteiger partial charge in [-0.05, 0) is 24.1 Å². The summed E-state index contributed by atoms with van der Waals surface area (Å²) in [5, 5.41) is 2.95. The summed E-state index contributed by atoms with van der Waals surface area (Å²) in [6.07, 6.45) is -1.86. The van der Waals surface area contributed by atoms with E-state index in [0.717, 1.165) is 6.07 Å². The summed E-state index contributed by atoms with van der Waals surface area (Å²) in [5.74, 6) is 0.764. The zero-order valence-corrected chi connectivity index (χ0v) is 9.09. The maximum Gasteiger partial charge on any atom is 0.416 e. The lowest BCUT2D eigenvalue weighted by atomic mass is 9.99. The van der Waals surface area contributed by atoms with Gasteiger partial charge < -0.3 is 11.1 Å². The highest BCUT2D eigenvalue weighted by Gasteiger charge is 2.30. The molecule has 1 aromatic carbocycles. The minimum atomic E-state index is -4.28. The monoisotopic (exact) mass is 242 g/mol. The summed E-state index contributed by atoms with van der Waals surface area (Å²) in [5.41, 5.74) is 5.63. The van der Waals surface area contributed by atoms with E-state index in [1.807, 2.05) is 6.08 Å². The fourth-order valence-corrected chi connectivity index (χ4v) is 1.93. The Morgan fingerprint density at radius 2 is 2.12 bits per heavy atom. The average Bonchev–Trinajstić information content (AvgIpc) is 2.63. The lowest BCUT2D eigenvalue weighted by Crippen LogP contribution is -2.17. The van der Waals surface area contributed by atoms with Gasteiger partial charge >= 0.3 is 6.18 Å². The molecule has 2 rings (SSSR count). The predicted octanol–water partition coefficient (Wildman–Crippen LogP) is 2.27. The molecule has 1 atom stereocenters. The molecule has 5 heteroatoms. The minimum absolute atomic E-state index is 0.165. The standard InChI is InChI=1S/C12H13F3N2/c13-12(14,15)10-3-1-2-8(5-10)4-9-6-11(16)17-7-9/h1-3,5-6,9,17H,4,7,16H2/t9-/m0/s1. The van der Waals surface area contributed by atoms with E-state index in [1.165, 1.54) is 12.1 Å². The van der Waals surface area contributed by atoms with Crippen molar-refractivity contribution in [3.05, 3.63) is 47.3 Å². The second-order valence-electron chi connectivity index (χ2n) is 4.17. The molecule has 1 aliphatic heterocycles. The lowest BCUT2D eigenvalue weighted by Gasteiger charge is -2.10. The van der Waals surface area contributed by atoms with Gasteiger partial charge in [-0.2, -0.15) is 13.2 Å². The molecule has 1 aromatic rings. The summed E-state index contributed by atoms with van der Waals surface area (Å²) < 4.78 is 37.5. The number of nitrogens with two attached hydrogens (primary N) is 1. The summed E-state index contributed by atoms with van der Waals surface area (Å²) >= 11 is 0. The van der Waals surface area contributed by atoms with E-state index in [0.29, 0.717) is 24.4 Å². The van der Waals surface area contributed by atoms with Gasteiger partial charge in [0.15, 0.2) is 0 Å². The number of hydrogen-bond acceptors (Lipinski definition) is 2. The average molecular weight is 242 g/mol. The van der Waals surface area contributed by atoms with Gasteiger partial charge in [-0.15, -0.1) is 0 Å². The Bertz CT molecular complexity index is 438. The van der Waals surface area contributed by atoms with E-state index in [-0.39, 0.29) is 5.92 Å². The van der Waals surface area contributed by atoms with Crippen LogP contribution in [0.4, 0.5) is 13.2 Å². The fourth-order valence-electron chi connectivity index (χ4n) is 1.93. The van der Waals surface area contributed by atoms with Crippen molar-refractivity contribution in [1.29, 1.82) is 0 Å². The van der Waals surface area contributed by atoms with Gasteiger partial charge in [-0.1, -0.05) is 18.2 Å². The molecule has 1 heterocycles. The van der Waals surface area contributed by atoms with E-state index in [2.05, 4.69) is 5.32 Å². The van der Waals surface area contributed by atoms with Crippen LogP contribution in [0.15, 0.2) is 36.2 Å². The summed E-state index contributed by atoms with van der Waals surface area (Å²) in [7, 11) is 0. The Balaban J connectivity index is 2.12. The van der Waals surface area contributed by atoms with Crippen LogP contribution in [0.25, 0.3) is 0 Å². The van der Waals surface area contributed by atoms with Crippen molar-refractivity contribution in [3.63, 3.8) is 0 Å². The highest BCUT2D eigenvalue weighted by molar-refractivity contribution is 5.27. The van der Waals surface area contributed by atoms with Gasteiger partial charge in [0.25, 0.3) is 0 Å². The smallest absolute Gasteiger partial charge is 0.386 e. The Morgan fingerprint density at radius 1 is 1.35 bits per heavy atom. The maximum absolute atomic E-state index is 12.5.